The van der Waals surface area contributed by atoms with E-state index in [1.165, 1.54) is 11.3 Å². The summed E-state index contributed by atoms with van der Waals surface area (Å²) < 4.78 is 11.3. The first-order chi connectivity index (χ1) is 13.7. The molecule has 4 rings (SSSR count). The third-order valence-electron chi connectivity index (χ3n) is 5.01. The highest BCUT2D eigenvalue weighted by molar-refractivity contribution is 6.32. The molecule has 0 amide bonds. The van der Waals surface area contributed by atoms with Gasteiger partial charge in [0.05, 0.1) is 18.7 Å². The van der Waals surface area contributed by atoms with Crippen molar-refractivity contribution in [2.24, 2.45) is 0 Å². The van der Waals surface area contributed by atoms with Crippen molar-refractivity contribution in [1.29, 1.82) is 0 Å². The molecule has 0 spiro atoms. The molecular formula is C22H24ClN3O2. The number of aromatic nitrogens is 2. The Labute approximate surface area is 170 Å². The largest absolute Gasteiger partial charge is 0.495 e. The Balaban J connectivity index is 1.44. The molecule has 0 bridgehead atoms. The summed E-state index contributed by atoms with van der Waals surface area (Å²) in [5, 5.41) is 0.577. The molecular weight excluding hydrogens is 374 g/mol. The maximum Gasteiger partial charge on any atom is 0.137 e. The van der Waals surface area contributed by atoms with Crippen LogP contribution in [0.25, 0.3) is 11.3 Å². The Bertz CT molecular complexity index is 970. The third kappa shape index (κ3) is 4.05. The highest BCUT2D eigenvalue weighted by Crippen LogP contribution is 2.31. The topological polar surface area (TPSA) is 51.4 Å². The first-order valence-corrected chi connectivity index (χ1v) is 10.0. The molecule has 2 aromatic heterocycles. The maximum absolute atomic E-state index is 6.23. The number of hydrogen-bond donors (Lipinski definition) is 0. The maximum atomic E-state index is 6.23. The van der Waals surface area contributed by atoms with Crippen LogP contribution in [0.4, 0.5) is 0 Å². The number of furan rings is 1. The van der Waals surface area contributed by atoms with Crippen molar-refractivity contribution in [3.63, 3.8) is 0 Å². The number of nitrogens with zero attached hydrogens (tertiary/aromatic N) is 3. The SMILES string of the molecule is CCCc1ncc2c(n1)CCN(Cc1ccc(-c3ccc(OC)c(Cl)c3)o1)C2. The minimum atomic E-state index is 0.577. The van der Waals surface area contributed by atoms with Gasteiger partial charge in [-0.3, -0.25) is 4.90 Å². The second-order valence-electron chi connectivity index (χ2n) is 7.08. The lowest BCUT2D eigenvalue weighted by Crippen LogP contribution is -2.31. The number of fused-ring (bicyclic) bond motifs is 1. The summed E-state index contributed by atoms with van der Waals surface area (Å²) in [4.78, 5) is 11.6. The lowest BCUT2D eigenvalue weighted by atomic mass is 10.1. The van der Waals surface area contributed by atoms with Crippen molar-refractivity contribution in [2.75, 3.05) is 13.7 Å². The molecule has 1 aromatic carbocycles. The summed E-state index contributed by atoms with van der Waals surface area (Å²) >= 11 is 6.23. The van der Waals surface area contributed by atoms with Gasteiger partial charge in [-0.15, -0.1) is 0 Å². The third-order valence-corrected chi connectivity index (χ3v) is 5.31. The number of halogens is 1. The summed E-state index contributed by atoms with van der Waals surface area (Å²) in [5.74, 6) is 3.37. The minimum absolute atomic E-state index is 0.577. The van der Waals surface area contributed by atoms with E-state index in [4.69, 9.17) is 25.7 Å². The molecule has 0 saturated heterocycles. The number of hydrogen-bond acceptors (Lipinski definition) is 5. The molecule has 3 aromatic rings. The van der Waals surface area contributed by atoms with Crippen LogP contribution in [0.1, 0.15) is 36.2 Å². The van der Waals surface area contributed by atoms with E-state index in [0.717, 1.165) is 61.8 Å². The van der Waals surface area contributed by atoms with E-state index >= 15 is 0 Å². The fourth-order valence-corrected chi connectivity index (χ4v) is 3.81. The van der Waals surface area contributed by atoms with Gasteiger partial charge in [0, 0.05) is 48.9 Å². The van der Waals surface area contributed by atoms with Crippen molar-refractivity contribution in [3.05, 3.63) is 64.4 Å². The predicted octanol–water partition coefficient (Wildman–Crippen LogP) is 4.91. The molecule has 0 N–H and O–H groups in total. The molecule has 5 nitrogen and oxygen atoms in total. The van der Waals surface area contributed by atoms with Gasteiger partial charge in [-0.25, -0.2) is 9.97 Å². The summed E-state index contributed by atoms with van der Waals surface area (Å²) in [6.07, 6.45) is 4.97. The smallest absolute Gasteiger partial charge is 0.137 e. The number of ether oxygens (including phenoxy) is 1. The van der Waals surface area contributed by atoms with Gasteiger partial charge in [0.15, 0.2) is 0 Å². The first-order valence-electron chi connectivity index (χ1n) is 9.65. The van der Waals surface area contributed by atoms with Crippen LogP contribution in [0.2, 0.25) is 5.02 Å². The van der Waals surface area contributed by atoms with Crippen molar-refractivity contribution < 1.29 is 9.15 Å². The lowest BCUT2D eigenvalue weighted by molar-refractivity contribution is 0.224. The van der Waals surface area contributed by atoms with Crippen LogP contribution in [0, 0.1) is 0 Å². The average molecular weight is 398 g/mol. The second kappa shape index (κ2) is 8.33. The zero-order chi connectivity index (χ0) is 19.5. The van der Waals surface area contributed by atoms with Gasteiger partial charge >= 0.3 is 0 Å². The van der Waals surface area contributed by atoms with Gasteiger partial charge in [-0.2, -0.15) is 0 Å². The fourth-order valence-electron chi connectivity index (χ4n) is 3.55. The molecule has 28 heavy (non-hydrogen) atoms. The Morgan fingerprint density at radius 1 is 1.25 bits per heavy atom. The van der Waals surface area contributed by atoms with Gasteiger partial charge in [0.25, 0.3) is 0 Å². The Kier molecular flexibility index (Phi) is 5.64. The summed E-state index contributed by atoms with van der Waals surface area (Å²) in [6, 6.07) is 9.70. The Hall–Kier alpha value is -2.37. The highest BCUT2D eigenvalue weighted by atomic mass is 35.5. The van der Waals surface area contributed by atoms with Gasteiger partial charge in [0.1, 0.15) is 23.1 Å². The van der Waals surface area contributed by atoms with E-state index in [2.05, 4.69) is 16.8 Å². The van der Waals surface area contributed by atoms with E-state index < -0.39 is 0 Å². The van der Waals surface area contributed by atoms with Crippen molar-refractivity contribution in [1.82, 2.24) is 14.9 Å². The summed E-state index contributed by atoms with van der Waals surface area (Å²) in [6.45, 7) is 4.74. The van der Waals surface area contributed by atoms with Crippen molar-refractivity contribution in [3.8, 4) is 17.1 Å². The van der Waals surface area contributed by atoms with Crippen LogP contribution in [0.15, 0.2) is 40.9 Å². The van der Waals surface area contributed by atoms with E-state index in [0.29, 0.717) is 10.8 Å². The quantitative estimate of drug-likeness (QED) is 0.591. The Morgan fingerprint density at radius 3 is 2.93 bits per heavy atom. The average Bonchev–Trinajstić information content (AvgIpc) is 3.17. The van der Waals surface area contributed by atoms with Crippen LogP contribution in [0.3, 0.4) is 0 Å². The predicted molar refractivity (Wildman–Crippen MR) is 110 cm³/mol. The van der Waals surface area contributed by atoms with Crippen LogP contribution < -0.4 is 4.74 Å². The molecule has 0 saturated carbocycles. The number of benzene rings is 1. The highest BCUT2D eigenvalue weighted by Gasteiger charge is 2.19. The van der Waals surface area contributed by atoms with E-state index in [-0.39, 0.29) is 0 Å². The fraction of sp³-hybridized carbons (Fsp3) is 0.364. The van der Waals surface area contributed by atoms with E-state index in [1.807, 2.05) is 36.5 Å². The van der Waals surface area contributed by atoms with Crippen LogP contribution in [0.5, 0.6) is 5.75 Å². The normalized spacial score (nSPS) is 14.1. The molecule has 0 fully saturated rings. The number of aryl methyl sites for hydroxylation is 1. The second-order valence-corrected chi connectivity index (χ2v) is 7.49. The molecule has 6 heteroatoms. The van der Waals surface area contributed by atoms with Gasteiger partial charge in [0.2, 0.25) is 0 Å². The van der Waals surface area contributed by atoms with Gasteiger partial charge in [-0.05, 0) is 36.8 Å². The number of methoxy groups -OCH3 is 1. The first kappa shape index (κ1) is 19.0. The zero-order valence-electron chi connectivity index (χ0n) is 16.2. The minimum Gasteiger partial charge on any atom is -0.495 e. The number of rotatable bonds is 6. The molecule has 1 aliphatic heterocycles. The van der Waals surface area contributed by atoms with Crippen molar-refractivity contribution >= 4 is 11.6 Å². The molecule has 0 aliphatic carbocycles. The lowest BCUT2D eigenvalue weighted by Gasteiger charge is -2.27. The monoisotopic (exact) mass is 397 g/mol. The molecule has 146 valence electrons. The summed E-state index contributed by atoms with van der Waals surface area (Å²) in [7, 11) is 1.61. The van der Waals surface area contributed by atoms with Crippen LogP contribution in [-0.4, -0.2) is 28.5 Å². The standard InChI is InChI=1S/C22H24ClN3O2/c1-3-4-22-24-12-16-13-26(10-9-19(16)25-22)14-17-6-8-20(28-17)15-5-7-21(27-2)18(23)11-15/h5-8,11-12H,3-4,9-10,13-14H2,1-2H3. The molecule has 1 aliphatic rings. The summed E-state index contributed by atoms with van der Waals surface area (Å²) in [5.41, 5.74) is 3.36. The zero-order valence-corrected chi connectivity index (χ0v) is 17.0. The van der Waals surface area contributed by atoms with E-state index in [9.17, 15) is 0 Å². The van der Waals surface area contributed by atoms with Crippen LogP contribution >= 0.6 is 11.6 Å². The van der Waals surface area contributed by atoms with Gasteiger partial charge < -0.3 is 9.15 Å². The molecule has 0 radical (unpaired) electrons. The van der Waals surface area contributed by atoms with Crippen molar-refractivity contribution in [2.45, 2.75) is 39.3 Å². The molecule has 0 atom stereocenters. The van der Waals surface area contributed by atoms with Crippen LogP contribution in [-0.2, 0) is 25.9 Å². The molecule has 3 heterocycles. The van der Waals surface area contributed by atoms with Gasteiger partial charge in [-0.1, -0.05) is 18.5 Å². The molecule has 0 unspecified atom stereocenters. The Morgan fingerprint density at radius 2 is 2.14 bits per heavy atom. The van der Waals surface area contributed by atoms with E-state index in [1.54, 1.807) is 7.11 Å².